The van der Waals surface area contributed by atoms with Crippen LogP contribution in [-0.2, 0) is 14.8 Å². The number of hydrogen-bond acceptors (Lipinski definition) is 5. The number of sulfonamides is 1. The van der Waals surface area contributed by atoms with Crippen LogP contribution < -0.4 is 10.6 Å². The summed E-state index contributed by atoms with van der Waals surface area (Å²) >= 11 is 6.11. The molecule has 0 atom stereocenters. The van der Waals surface area contributed by atoms with E-state index in [2.05, 4.69) is 15.4 Å². The fourth-order valence-electron chi connectivity index (χ4n) is 3.98. The molecule has 0 spiro atoms. The first-order valence-corrected chi connectivity index (χ1v) is 12.1. The number of nitrogens with one attached hydrogen (secondary N) is 2. The normalized spacial score (nSPS) is 19.3. The number of methoxy groups -OCH3 is 1. The number of carbonyl (C=O) groups excluding carboxylic acids is 2. The molecule has 0 aromatic heterocycles. The lowest BCUT2D eigenvalue weighted by atomic mass is 9.96. The number of nitrogens with zero attached hydrogens (tertiary/aromatic N) is 1. The molecule has 0 bridgehead atoms. The minimum absolute atomic E-state index is 0.0507. The molecule has 1 aromatic rings. The number of rotatable bonds is 5. The van der Waals surface area contributed by atoms with Crippen molar-refractivity contribution in [2.24, 2.45) is 0 Å². The third kappa shape index (κ3) is 5.44. The summed E-state index contributed by atoms with van der Waals surface area (Å²) in [5.41, 5.74) is 0.122. The topological polar surface area (TPSA) is 105 Å². The molecule has 10 heteroatoms. The Labute approximate surface area is 182 Å². The molecule has 1 aliphatic carbocycles. The zero-order chi connectivity index (χ0) is 21.7. The molecule has 2 fully saturated rings. The number of halogens is 1. The lowest BCUT2D eigenvalue weighted by Crippen LogP contribution is -2.51. The highest BCUT2D eigenvalue weighted by atomic mass is 35.5. The number of esters is 1. The number of hydrogen-bond donors (Lipinski definition) is 2. The quantitative estimate of drug-likeness (QED) is 0.661. The summed E-state index contributed by atoms with van der Waals surface area (Å²) in [5, 5.41) is 6.03. The molecule has 2 aliphatic rings. The number of carbonyl (C=O) groups is 2. The van der Waals surface area contributed by atoms with Gasteiger partial charge in [0.15, 0.2) is 0 Å². The number of piperidine rings is 1. The average Bonchev–Trinajstić information content (AvgIpc) is 2.74. The molecule has 0 unspecified atom stereocenters. The Bertz CT molecular complexity index is 878. The van der Waals surface area contributed by atoms with E-state index in [1.807, 2.05) is 0 Å². The Morgan fingerprint density at radius 1 is 1.03 bits per heavy atom. The monoisotopic (exact) mass is 457 g/mol. The van der Waals surface area contributed by atoms with E-state index in [4.69, 9.17) is 11.6 Å². The Hall–Kier alpha value is -1.84. The third-order valence-electron chi connectivity index (χ3n) is 5.70. The van der Waals surface area contributed by atoms with Crippen LogP contribution in [0.15, 0.2) is 23.1 Å². The molecule has 2 N–H and O–H groups in total. The lowest BCUT2D eigenvalue weighted by Gasteiger charge is -2.32. The van der Waals surface area contributed by atoms with Gasteiger partial charge in [0.1, 0.15) is 4.90 Å². The van der Waals surface area contributed by atoms with Crippen molar-refractivity contribution in [3.05, 3.63) is 28.8 Å². The van der Waals surface area contributed by atoms with Gasteiger partial charge in [0, 0.05) is 25.2 Å². The second-order valence-corrected chi connectivity index (χ2v) is 10.1. The Balaban J connectivity index is 1.58. The molecule has 166 valence electrons. The molecular formula is C20H28ClN3O5S. The molecule has 1 saturated heterocycles. The van der Waals surface area contributed by atoms with E-state index in [0.717, 1.165) is 25.7 Å². The van der Waals surface area contributed by atoms with E-state index in [1.165, 1.54) is 36.0 Å². The number of ether oxygens (including phenoxy) is 1. The molecule has 2 amide bonds. The zero-order valence-electron chi connectivity index (χ0n) is 17.0. The van der Waals surface area contributed by atoms with Crippen LogP contribution in [0.25, 0.3) is 0 Å². The van der Waals surface area contributed by atoms with E-state index in [0.29, 0.717) is 12.8 Å². The highest BCUT2D eigenvalue weighted by Gasteiger charge is 2.32. The van der Waals surface area contributed by atoms with Gasteiger partial charge in [0.05, 0.1) is 17.7 Å². The van der Waals surface area contributed by atoms with E-state index in [-0.39, 0.29) is 46.7 Å². The summed E-state index contributed by atoms with van der Waals surface area (Å²) in [6.07, 6.45) is 6.53. The molecular weight excluding hydrogens is 430 g/mol. The van der Waals surface area contributed by atoms with Crippen LogP contribution in [0, 0.1) is 0 Å². The predicted molar refractivity (Wildman–Crippen MR) is 113 cm³/mol. The maximum Gasteiger partial charge on any atom is 0.337 e. The van der Waals surface area contributed by atoms with Crippen LogP contribution in [0.1, 0.15) is 55.3 Å². The van der Waals surface area contributed by atoms with Gasteiger partial charge in [-0.2, -0.15) is 4.31 Å². The van der Waals surface area contributed by atoms with Crippen LogP contribution in [0.2, 0.25) is 5.02 Å². The zero-order valence-corrected chi connectivity index (χ0v) is 18.6. The van der Waals surface area contributed by atoms with Gasteiger partial charge in [-0.1, -0.05) is 30.9 Å². The van der Waals surface area contributed by atoms with Crippen molar-refractivity contribution >= 4 is 33.6 Å². The van der Waals surface area contributed by atoms with Gasteiger partial charge in [0.25, 0.3) is 0 Å². The molecule has 1 aliphatic heterocycles. The number of urea groups is 1. The van der Waals surface area contributed by atoms with Crippen molar-refractivity contribution < 1.29 is 22.7 Å². The largest absolute Gasteiger partial charge is 0.465 e. The fraction of sp³-hybridized carbons (Fsp3) is 0.600. The van der Waals surface area contributed by atoms with Gasteiger partial charge in [0.2, 0.25) is 10.0 Å². The van der Waals surface area contributed by atoms with Crippen LogP contribution in [-0.4, -0.2) is 57.0 Å². The molecule has 8 nitrogen and oxygen atoms in total. The molecule has 3 rings (SSSR count). The minimum atomic E-state index is -3.87. The minimum Gasteiger partial charge on any atom is -0.465 e. The molecule has 1 saturated carbocycles. The van der Waals surface area contributed by atoms with Gasteiger partial charge >= 0.3 is 12.0 Å². The molecule has 0 radical (unpaired) electrons. The van der Waals surface area contributed by atoms with E-state index >= 15 is 0 Å². The summed E-state index contributed by atoms with van der Waals surface area (Å²) in [6.45, 7) is 0.519. The summed E-state index contributed by atoms with van der Waals surface area (Å²) in [4.78, 5) is 23.9. The number of benzene rings is 1. The van der Waals surface area contributed by atoms with Crippen molar-refractivity contribution in [3.8, 4) is 0 Å². The second kappa shape index (κ2) is 9.98. The predicted octanol–water partition coefficient (Wildman–Crippen LogP) is 2.91. The van der Waals surface area contributed by atoms with Crippen molar-refractivity contribution in [1.82, 2.24) is 14.9 Å². The Morgan fingerprint density at radius 2 is 1.63 bits per heavy atom. The standard InChI is InChI=1S/C20H28ClN3O5S/c1-29-19(25)14-7-8-17(21)18(13-14)30(27,28)24-11-9-16(10-12-24)23-20(26)22-15-5-3-2-4-6-15/h7-8,13,15-16H,2-6,9-12H2,1H3,(H2,22,23,26). The van der Waals surface area contributed by atoms with Gasteiger partial charge < -0.3 is 15.4 Å². The van der Waals surface area contributed by atoms with Crippen molar-refractivity contribution in [3.63, 3.8) is 0 Å². The fourth-order valence-corrected chi connectivity index (χ4v) is 5.95. The van der Waals surface area contributed by atoms with Gasteiger partial charge in [-0.3, -0.25) is 0 Å². The van der Waals surface area contributed by atoms with E-state index in [1.54, 1.807) is 0 Å². The highest BCUT2D eigenvalue weighted by molar-refractivity contribution is 7.89. The van der Waals surface area contributed by atoms with Gasteiger partial charge in [-0.05, 0) is 43.9 Å². The first-order chi connectivity index (χ1) is 14.3. The van der Waals surface area contributed by atoms with Crippen LogP contribution >= 0.6 is 11.6 Å². The molecule has 1 heterocycles. The van der Waals surface area contributed by atoms with E-state index < -0.39 is 16.0 Å². The summed E-state index contributed by atoms with van der Waals surface area (Å²) in [7, 11) is -2.64. The Morgan fingerprint density at radius 3 is 2.23 bits per heavy atom. The van der Waals surface area contributed by atoms with Crippen LogP contribution in [0.4, 0.5) is 4.79 Å². The SMILES string of the molecule is COC(=O)c1ccc(Cl)c(S(=O)(=O)N2CCC(NC(=O)NC3CCCCC3)CC2)c1. The first-order valence-electron chi connectivity index (χ1n) is 10.3. The average molecular weight is 458 g/mol. The first kappa shape index (κ1) is 22.8. The lowest BCUT2D eigenvalue weighted by molar-refractivity contribution is 0.0600. The maximum absolute atomic E-state index is 13.1. The van der Waals surface area contributed by atoms with E-state index in [9.17, 15) is 18.0 Å². The van der Waals surface area contributed by atoms with Crippen molar-refractivity contribution in [1.29, 1.82) is 0 Å². The smallest absolute Gasteiger partial charge is 0.337 e. The van der Waals surface area contributed by atoms with Crippen LogP contribution in [0.3, 0.4) is 0 Å². The second-order valence-electron chi connectivity index (χ2n) is 7.77. The third-order valence-corrected chi connectivity index (χ3v) is 8.08. The number of amides is 2. The van der Waals surface area contributed by atoms with Gasteiger partial charge in [-0.25, -0.2) is 18.0 Å². The maximum atomic E-state index is 13.1. The summed E-state index contributed by atoms with van der Waals surface area (Å²) in [6, 6.07) is 4.00. The van der Waals surface area contributed by atoms with Crippen molar-refractivity contribution in [2.45, 2.75) is 61.9 Å². The summed E-state index contributed by atoms with van der Waals surface area (Å²) in [5.74, 6) is -0.630. The van der Waals surface area contributed by atoms with Crippen LogP contribution in [0.5, 0.6) is 0 Å². The molecule has 30 heavy (non-hydrogen) atoms. The Kier molecular flexibility index (Phi) is 7.60. The highest BCUT2D eigenvalue weighted by Crippen LogP contribution is 2.28. The van der Waals surface area contributed by atoms with Gasteiger partial charge in [-0.15, -0.1) is 0 Å². The summed E-state index contributed by atoms with van der Waals surface area (Å²) < 4.78 is 32.1. The van der Waals surface area contributed by atoms with Crippen molar-refractivity contribution in [2.75, 3.05) is 20.2 Å². The molecule has 1 aromatic carbocycles.